The largest absolute Gasteiger partial charge is 0.224 e. The van der Waals surface area contributed by atoms with Gasteiger partial charge in [-0.25, -0.2) is 16.8 Å². The Morgan fingerprint density at radius 3 is 1.73 bits per heavy atom. The molecule has 0 spiro atoms. The fourth-order valence-corrected chi connectivity index (χ4v) is 4.95. The molecule has 0 fully saturated rings. The summed E-state index contributed by atoms with van der Waals surface area (Å²) >= 11 is 0. The van der Waals surface area contributed by atoms with Crippen molar-refractivity contribution in [3.63, 3.8) is 0 Å². The van der Waals surface area contributed by atoms with Crippen LogP contribution < -0.4 is 0 Å². The lowest BCUT2D eigenvalue weighted by Gasteiger charge is -2.10. The smallest absolute Gasteiger partial charge is 0.211 e. The molecule has 2 rings (SSSR count). The van der Waals surface area contributed by atoms with Gasteiger partial charge in [0.1, 0.15) is 0 Å². The normalized spacial score (nSPS) is 12.0. The van der Waals surface area contributed by atoms with Crippen molar-refractivity contribution in [2.45, 2.75) is 9.79 Å². The van der Waals surface area contributed by atoms with Crippen molar-refractivity contribution in [1.29, 1.82) is 5.26 Å². The highest BCUT2D eigenvalue weighted by Crippen LogP contribution is 2.24. The second-order valence-electron chi connectivity index (χ2n) is 4.42. The van der Waals surface area contributed by atoms with Crippen LogP contribution in [0.4, 0.5) is 0 Å². The lowest BCUT2D eigenvalue weighted by Crippen LogP contribution is -2.21. The quantitative estimate of drug-likeness (QED) is 0.834. The van der Waals surface area contributed by atoms with Gasteiger partial charge >= 0.3 is 0 Å². The standard InChI is InChI=1S/C15H12NO4S2/c16-11-15(22(19,20)14-9-5-2-6-10-14)12-21(17,18)13-7-3-1-4-8-13/h1-10H,12H2. The lowest BCUT2D eigenvalue weighted by molar-refractivity contribution is 0.589. The summed E-state index contributed by atoms with van der Waals surface area (Å²) in [6.45, 7) is 0. The summed E-state index contributed by atoms with van der Waals surface area (Å²) in [5.41, 5.74) is 0. The average molecular weight is 334 g/mol. The van der Waals surface area contributed by atoms with E-state index in [9.17, 15) is 16.8 Å². The summed E-state index contributed by atoms with van der Waals surface area (Å²) < 4.78 is 49.2. The summed E-state index contributed by atoms with van der Waals surface area (Å²) in [5, 5.41) is 8.41. The molecule has 0 atom stereocenters. The second-order valence-corrected chi connectivity index (χ2v) is 8.38. The topological polar surface area (TPSA) is 92.1 Å². The minimum Gasteiger partial charge on any atom is -0.224 e. The predicted molar refractivity (Wildman–Crippen MR) is 81.0 cm³/mol. The fraction of sp³-hybridized carbons (Fsp3) is 0.0667. The molecular formula is C15H12NO4S2. The zero-order chi connectivity index (χ0) is 16.2. The Morgan fingerprint density at radius 1 is 0.818 bits per heavy atom. The van der Waals surface area contributed by atoms with E-state index in [0.717, 1.165) is 0 Å². The Kier molecular flexibility index (Phi) is 4.64. The molecule has 2 aromatic rings. The van der Waals surface area contributed by atoms with Crippen molar-refractivity contribution in [3.8, 4) is 6.07 Å². The van der Waals surface area contributed by atoms with E-state index >= 15 is 0 Å². The van der Waals surface area contributed by atoms with Gasteiger partial charge in [0.25, 0.3) is 0 Å². The maximum Gasteiger partial charge on any atom is 0.211 e. The van der Waals surface area contributed by atoms with Crippen LogP contribution in [0, 0.1) is 16.6 Å². The molecule has 5 nitrogen and oxygen atoms in total. The molecule has 7 heteroatoms. The third kappa shape index (κ3) is 3.35. The number of nitriles is 1. The number of nitrogens with zero attached hydrogens (tertiary/aromatic N) is 1. The number of benzene rings is 2. The fourth-order valence-electron chi connectivity index (χ4n) is 1.80. The van der Waals surface area contributed by atoms with E-state index in [1.807, 2.05) is 0 Å². The van der Waals surface area contributed by atoms with Crippen LogP contribution in [0.15, 0.2) is 70.5 Å². The van der Waals surface area contributed by atoms with Crippen LogP contribution in [0.1, 0.15) is 0 Å². The van der Waals surface area contributed by atoms with Gasteiger partial charge in [0.15, 0.2) is 9.84 Å². The maximum atomic E-state index is 12.3. The molecule has 0 aromatic heterocycles. The highest BCUT2D eigenvalue weighted by molar-refractivity contribution is 7.97. The van der Waals surface area contributed by atoms with Crippen molar-refractivity contribution < 1.29 is 16.8 Å². The number of hydrogen-bond acceptors (Lipinski definition) is 5. The molecule has 22 heavy (non-hydrogen) atoms. The summed E-state index contributed by atoms with van der Waals surface area (Å²) in [5.74, 6) is -0.856. The monoisotopic (exact) mass is 334 g/mol. The van der Waals surface area contributed by atoms with Gasteiger partial charge in [-0.3, -0.25) is 0 Å². The van der Waals surface area contributed by atoms with E-state index in [2.05, 4.69) is 0 Å². The molecule has 0 aliphatic heterocycles. The third-order valence-electron chi connectivity index (χ3n) is 2.93. The van der Waals surface area contributed by atoms with Crippen LogP contribution in [0.25, 0.3) is 0 Å². The third-order valence-corrected chi connectivity index (χ3v) is 6.55. The molecule has 0 aliphatic rings. The van der Waals surface area contributed by atoms with Gasteiger partial charge in [-0.1, -0.05) is 36.4 Å². The van der Waals surface area contributed by atoms with Crippen molar-refractivity contribution in [2.24, 2.45) is 0 Å². The molecule has 113 valence electrons. The molecule has 0 bridgehead atoms. The zero-order valence-electron chi connectivity index (χ0n) is 11.4. The van der Waals surface area contributed by atoms with E-state index in [-0.39, 0.29) is 9.79 Å². The Hall–Kier alpha value is -2.17. The van der Waals surface area contributed by atoms with Gasteiger partial charge < -0.3 is 0 Å². The van der Waals surface area contributed by atoms with Crippen molar-refractivity contribution in [1.82, 2.24) is 0 Å². The molecule has 0 amide bonds. The van der Waals surface area contributed by atoms with Gasteiger partial charge in [0.2, 0.25) is 15.1 Å². The van der Waals surface area contributed by atoms with E-state index in [1.54, 1.807) is 12.1 Å². The molecular weight excluding hydrogens is 322 g/mol. The Labute approximate surface area is 129 Å². The van der Waals surface area contributed by atoms with Gasteiger partial charge in [0.05, 0.1) is 21.6 Å². The van der Waals surface area contributed by atoms with Crippen LogP contribution in [0.2, 0.25) is 0 Å². The average Bonchev–Trinajstić information content (AvgIpc) is 2.54. The SMILES string of the molecule is N#C[C](CS(=O)(=O)c1ccccc1)S(=O)(=O)c1ccccc1. The summed E-state index contributed by atoms with van der Waals surface area (Å²) in [6.07, 6.45) is 0. The molecule has 0 unspecified atom stereocenters. The van der Waals surface area contributed by atoms with Crippen LogP contribution >= 0.6 is 0 Å². The van der Waals surface area contributed by atoms with Crippen LogP contribution in [-0.2, 0) is 19.7 Å². The first-order valence-corrected chi connectivity index (χ1v) is 9.35. The van der Waals surface area contributed by atoms with E-state index < -0.39 is 30.7 Å². The highest BCUT2D eigenvalue weighted by atomic mass is 32.2. The maximum absolute atomic E-state index is 12.3. The molecule has 2 aromatic carbocycles. The van der Waals surface area contributed by atoms with Crippen LogP contribution in [0.3, 0.4) is 0 Å². The number of sulfone groups is 2. The number of hydrogen-bond donors (Lipinski definition) is 0. The van der Waals surface area contributed by atoms with Gasteiger partial charge in [-0.05, 0) is 24.3 Å². The lowest BCUT2D eigenvalue weighted by atomic mass is 10.4. The predicted octanol–water partition coefficient (Wildman–Crippen LogP) is 1.99. The van der Waals surface area contributed by atoms with Crippen LogP contribution in [-0.4, -0.2) is 22.6 Å². The van der Waals surface area contributed by atoms with Gasteiger partial charge in [0, 0.05) is 0 Å². The molecule has 0 saturated heterocycles. The number of rotatable bonds is 5. The van der Waals surface area contributed by atoms with E-state index in [4.69, 9.17) is 5.26 Å². The minimum absolute atomic E-state index is 0.0222. The summed E-state index contributed by atoms with van der Waals surface area (Å²) in [4.78, 5) is -0.124. The first-order valence-electron chi connectivity index (χ1n) is 6.22. The molecule has 0 heterocycles. The van der Waals surface area contributed by atoms with Gasteiger partial charge in [-0.15, -0.1) is 0 Å². The molecule has 0 N–H and O–H groups in total. The Bertz CT molecular complexity index is 884. The molecule has 0 aliphatic carbocycles. The molecule has 1 radical (unpaired) electrons. The van der Waals surface area contributed by atoms with Crippen LogP contribution in [0.5, 0.6) is 0 Å². The highest BCUT2D eigenvalue weighted by Gasteiger charge is 2.34. The van der Waals surface area contributed by atoms with E-state index in [1.165, 1.54) is 54.6 Å². The van der Waals surface area contributed by atoms with Gasteiger partial charge in [-0.2, -0.15) is 5.26 Å². The second kappa shape index (κ2) is 6.30. The van der Waals surface area contributed by atoms with Crippen molar-refractivity contribution >= 4 is 19.7 Å². The first kappa shape index (κ1) is 16.2. The Balaban J connectivity index is 2.37. The molecule has 0 saturated carbocycles. The van der Waals surface area contributed by atoms with E-state index in [0.29, 0.717) is 0 Å². The van der Waals surface area contributed by atoms with Crippen molar-refractivity contribution in [3.05, 3.63) is 65.9 Å². The first-order chi connectivity index (χ1) is 10.4. The minimum atomic E-state index is -4.12. The summed E-state index contributed by atoms with van der Waals surface area (Å²) in [7, 11) is -8.02. The summed E-state index contributed by atoms with van der Waals surface area (Å²) in [6, 6.07) is 16.2. The Morgan fingerprint density at radius 2 is 1.27 bits per heavy atom. The zero-order valence-corrected chi connectivity index (χ0v) is 13.0. The van der Waals surface area contributed by atoms with Crippen molar-refractivity contribution in [2.75, 3.05) is 5.75 Å².